The van der Waals surface area contributed by atoms with Gasteiger partial charge in [-0.3, -0.25) is 4.79 Å². The number of aryl methyl sites for hydroxylation is 1. The lowest BCUT2D eigenvalue weighted by molar-refractivity contribution is -0.605. The van der Waals surface area contributed by atoms with Crippen LogP contribution in [0.4, 0.5) is 0 Å². The maximum atomic E-state index is 12.9. The van der Waals surface area contributed by atoms with Crippen molar-refractivity contribution in [2.75, 3.05) is 13.1 Å². The molecule has 3 aromatic rings. The largest absolute Gasteiger partial charge is 0.619 e. The number of hydrogen-bond acceptors (Lipinski definition) is 4. The number of rotatable bonds is 4. The van der Waals surface area contributed by atoms with E-state index in [9.17, 15) is 10.0 Å². The van der Waals surface area contributed by atoms with Crippen LogP contribution in [0.15, 0.2) is 61.1 Å². The summed E-state index contributed by atoms with van der Waals surface area (Å²) in [6.45, 7) is 3.26. The van der Waals surface area contributed by atoms with Crippen molar-refractivity contribution in [1.82, 2.24) is 14.9 Å². The van der Waals surface area contributed by atoms with Crippen LogP contribution in [-0.2, 0) is 6.42 Å². The van der Waals surface area contributed by atoms with Crippen molar-refractivity contribution in [3.8, 4) is 0 Å². The summed E-state index contributed by atoms with van der Waals surface area (Å²) in [5.74, 6) is 0.898. The van der Waals surface area contributed by atoms with Crippen molar-refractivity contribution in [1.29, 1.82) is 0 Å². The quantitative estimate of drug-likeness (QED) is 0.509. The molecule has 6 nitrogen and oxygen atoms in total. The molecule has 148 valence electrons. The highest BCUT2D eigenvalue weighted by atomic mass is 16.5. The highest BCUT2D eigenvalue weighted by Gasteiger charge is 2.28. The van der Waals surface area contributed by atoms with E-state index in [0.717, 1.165) is 42.9 Å². The second-order valence-electron chi connectivity index (χ2n) is 7.53. The van der Waals surface area contributed by atoms with Crippen molar-refractivity contribution in [3.63, 3.8) is 0 Å². The molecule has 3 heterocycles. The molecule has 0 radical (unpaired) electrons. The molecule has 1 amide bonds. The van der Waals surface area contributed by atoms with Crippen LogP contribution >= 0.6 is 0 Å². The lowest BCUT2D eigenvalue weighted by atomic mass is 9.90. The molecular weight excluding hydrogens is 364 g/mol. The molecule has 0 spiro atoms. The van der Waals surface area contributed by atoms with Gasteiger partial charge in [-0.25, -0.2) is 9.97 Å². The molecule has 0 saturated carbocycles. The van der Waals surface area contributed by atoms with Gasteiger partial charge in [0.2, 0.25) is 0 Å². The van der Waals surface area contributed by atoms with E-state index in [1.807, 2.05) is 36.2 Å². The van der Waals surface area contributed by atoms with Gasteiger partial charge < -0.3 is 10.1 Å². The Hall–Kier alpha value is -3.28. The van der Waals surface area contributed by atoms with Crippen LogP contribution < -0.4 is 4.73 Å². The number of piperidine rings is 1. The third kappa shape index (κ3) is 4.42. The van der Waals surface area contributed by atoms with Gasteiger partial charge in [-0.2, -0.15) is 4.73 Å². The summed E-state index contributed by atoms with van der Waals surface area (Å²) >= 11 is 0. The van der Waals surface area contributed by atoms with Crippen LogP contribution in [0.1, 0.15) is 51.8 Å². The summed E-state index contributed by atoms with van der Waals surface area (Å²) in [5.41, 5.74) is 3.93. The molecule has 1 aromatic carbocycles. The van der Waals surface area contributed by atoms with Gasteiger partial charge >= 0.3 is 0 Å². The molecule has 0 bridgehead atoms. The first kappa shape index (κ1) is 19.1. The zero-order valence-corrected chi connectivity index (χ0v) is 16.5. The fraction of sp³-hybridized carbons (Fsp3) is 0.304. The monoisotopic (exact) mass is 388 g/mol. The zero-order valence-electron chi connectivity index (χ0n) is 16.5. The Balaban J connectivity index is 1.57. The molecule has 1 atom stereocenters. The maximum absolute atomic E-state index is 12.9. The van der Waals surface area contributed by atoms with Crippen LogP contribution in [-0.4, -0.2) is 33.9 Å². The third-order valence-corrected chi connectivity index (χ3v) is 5.40. The van der Waals surface area contributed by atoms with Gasteiger partial charge in [0, 0.05) is 43.8 Å². The number of amides is 1. The topological polar surface area (TPSA) is 73.0 Å². The normalized spacial score (nSPS) is 16.6. The molecule has 0 N–H and O–H groups in total. The predicted octanol–water partition coefficient (Wildman–Crippen LogP) is 3.03. The molecule has 0 aliphatic carbocycles. The lowest BCUT2D eigenvalue weighted by Crippen LogP contribution is -2.40. The summed E-state index contributed by atoms with van der Waals surface area (Å²) < 4.78 is 0.690. The van der Waals surface area contributed by atoms with Gasteiger partial charge in [0.05, 0.1) is 11.3 Å². The van der Waals surface area contributed by atoms with E-state index in [0.29, 0.717) is 16.8 Å². The molecule has 1 saturated heterocycles. The highest BCUT2D eigenvalue weighted by molar-refractivity contribution is 5.94. The van der Waals surface area contributed by atoms with E-state index in [-0.39, 0.29) is 11.8 Å². The number of carbonyl (C=O) groups excluding carboxylic acids is 1. The summed E-state index contributed by atoms with van der Waals surface area (Å²) in [7, 11) is 0. The number of benzene rings is 1. The Morgan fingerprint density at radius 1 is 1.21 bits per heavy atom. The Morgan fingerprint density at radius 3 is 2.72 bits per heavy atom. The predicted molar refractivity (Wildman–Crippen MR) is 109 cm³/mol. The van der Waals surface area contributed by atoms with Crippen molar-refractivity contribution in [3.05, 3.63) is 94.5 Å². The second-order valence-corrected chi connectivity index (χ2v) is 7.53. The Labute approximate surface area is 170 Å². The summed E-state index contributed by atoms with van der Waals surface area (Å²) in [6, 6.07) is 13.5. The molecule has 29 heavy (non-hydrogen) atoms. The first-order valence-corrected chi connectivity index (χ1v) is 9.94. The molecule has 6 heteroatoms. The van der Waals surface area contributed by atoms with Crippen molar-refractivity contribution in [2.45, 2.75) is 32.1 Å². The first-order valence-electron chi connectivity index (χ1n) is 9.94. The lowest BCUT2D eigenvalue weighted by Gasteiger charge is -2.33. The minimum Gasteiger partial charge on any atom is -0.619 e. The van der Waals surface area contributed by atoms with Crippen LogP contribution in [0.25, 0.3) is 0 Å². The van der Waals surface area contributed by atoms with Crippen LogP contribution in [0, 0.1) is 12.1 Å². The summed E-state index contributed by atoms with van der Waals surface area (Å²) in [6.07, 6.45) is 7.36. The van der Waals surface area contributed by atoms with Gasteiger partial charge in [0.25, 0.3) is 5.91 Å². The SMILES string of the molecule is Cc1ncc(Cc2ccccc2)c(C2CCCN(C(=O)c3cc[n+]([O-])cc3)C2)n1. The molecule has 4 rings (SSSR count). The summed E-state index contributed by atoms with van der Waals surface area (Å²) in [5, 5.41) is 11.3. The van der Waals surface area contributed by atoms with Crippen molar-refractivity contribution < 1.29 is 9.52 Å². The maximum Gasteiger partial charge on any atom is 0.254 e. The van der Waals surface area contributed by atoms with Crippen molar-refractivity contribution in [2.24, 2.45) is 0 Å². The molecular formula is C23H24N4O2. The van der Waals surface area contributed by atoms with Gasteiger partial charge in [0.1, 0.15) is 5.82 Å². The van der Waals surface area contributed by atoms with Gasteiger partial charge in [0.15, 0.2) is 12.4 Å². The van der Waals surface area contributed by atoms with E-state index in [4.69, 9.17) is 4.98 Å². The average molecular weight is 388 g/mol. The summed E-state index contributed by atoms with van der Waals surface area (Å²) in [4.78, 5) is 24.0. The smallest absolute Gasteiger partial charge is 0.254 e. The first-order chi connectivity index (χ1) is 14.1. The Morgan fingerprint density at radius 2 is 1.97 bits per heavy atom. The molecule has 2 aromatic heterocycles. The fourth-order valence-corrected chi connectivity index (χ4v) is 3.94. The third-order valence-electron chi connectivity index (χ3n) is 5.40. The number of likely N-dealkylation sites (tertiary alicyclic amines) is 1. The van der Waals surface area contributed by atoms with E-state index in [1.165, 1.54) is 18.0 Å². The molecule has 1 aliphatic rings. The molecule has 1 fully saturated rings. The molecule has 1 unspecified atom stereocenters. The number of hydrogen-bond donors (Lipinski definition) is 0. The minimum atomic E-state index is -0.0364. The van der Waals surface area contributed by atoms with Gasteiger partial charge in [-0.1, -0.05) is 30.3 Å². The number of pyridine rings is 1. The standard InChI is InChI=1S/C23H24N4O2/c1-17-24-15-21(14-18-6-3-2-4-7-18)22(25-17)20-8-5-11-26(16-20)23(28)19-9-12-27(29)13-10-19/h2-4,6-7,9-10,12-13,15,20H,5,8,11,14,16H2,1H3. The van der Waals surface area contributed by atoms with Crippen LogP contribution in [0.2, 0.25) is 0 Å². The van der Waals surface area contributed by atoms with Gasteiger partial charge in [-0.05, 0) is 30.9 Å². The van der Waals surface area contributed by atoms with Gasteiger partial charge in [-0.15, -0.1) is 0 Å². The number of aromatic nitrogens is 3. The van der Waals surface area contributed by atoms with E-state index >= 15 is 0 Å². The van der Waals surface area contributed by atoms with Crippen molar-refractivity contribution >= 4 is 5.91 Å². The van der Waals surface area contributed by atoms with E-state index < -0.39 is 0 Å². The fourth-order valence-electron chi connectivity index (χ4n) is 3.94. The molecule has 1 aliphatic heterocycles. The van der Waals surface area contributed by atoms with Crippen LogP contribution in [0.5, 0.6) is 0 Å². The van der Waals surface area contributed by atoms with Crippen LogP contribution in [0.3, 0.4) is 0 Å². The number of nitrogens with zero attached hydrogens (tertiary/aromatic N) is 4. The van der Waals surface area contributed by atoms with E-state index in [1.54, 1.807) is 12.1 Å². The highest BCUT2D eigenvalue weighted by Crippen LogP contribution is 2.29. The average Bonchev–Trinajstić information content (AvgIpc) is 2.76. The van der Waals surface area contributed by atoms with E-state index in [2.05, 4.69) is 17.1 Å². The second kappa shape index (κ2) is 8.39. The number of carbonyl (C=O) groups is 1. The Bertz CT molecular complexity index is 990. The Kier molecular flexibility index (Phi) is 5.51. The zero-order chi connectivity index (χ0) is 20.2. The minimum absolute atomic E-state index is 0.0364.